The van der Waals surface area contributed by atoms with E-state index in [1.165, 1.54) is 36.4 Å². The van der Waals surface area contributed by atoms with Crippen LogP contribution in [0.2, 0.25) is 0 Å². The number of ketones is 2. The summed E-state index contributed by atoms with van der Waals surface area (Å²) in [6.07, 6.45) is 0. The minimum Gasteiger partial charge on any atom is -0.507 e. The lowest BCUT2D eigenvalue weighted by atomic mass is 9.82. The zero-order valence-electron chi connectivity index (χ0n) is 15.1. The van der Waals surface area contributed by atoms with Gasteiger partial charge >= 0.3 is 0 Å². The molecule has 3 aromatic carbocycles. The van der Waals surface area contributed by atoms with Crippen molar-refractivity contribution in [3.63, 3.8) is 0 Å². The molecular formula is C21H15NO6S. The molecule has 0 spiro atoms. The smallest absolute Gasteiger partial charge is 0.296 e. The molecular weight excluding hydrogens is 394 g/mol. The fourth-order valence-corrected chi connectivity index (χ4v) is 4.18. The summed E-state index contributed by atoms with van der Waals surface area (Å²) in [5.74, 6) is -1.33. The molecule has 0 fully saturated rings. The Labute approximate surface area is 166 Å². The molecule has 0 saturated carbocycles. The zero-order chi connectivity index (χ0) is 20.9. The maximum absolute atomic E-state index is 13.1. The summed E-state index contributed by atoms with van der Waals surface area (Å²) in [5, 5.41) is 13.1. The maximum Gasteiger partial charge on any atom is 0.296 e. The van der Waals surface area contributed by atoms with Crippen LogP contribution in [0.25, 0.3) is 0 Å². The Morgan fingerprint density at radius 2 is 1.45 bits per heavy atom. The van der Waals surface area contributed by atoms with Gasteiger partial charge in [0.05, 0.1) is 22.5 Å². The second-order valence-electron chi connectivity index (χ2n) is 6.63. The van der Waals surface area contributed by atoms with Gasteiger partial charge in [-0.1, -0.05) is 36.4 Å². The van der Waals surface area contributed by atoms with Crippen LogP contribution in [0.3, 0.4) is 0 Å². The summed E-state index contributed by atoms with van der Waals surface area (Å²) in [5.41, 5.74) is 0.883. The highest BCUT2D eigenvalue weighted by atomic mass is 32.2. The number of carbonyl (C=O) groups excluding carboxylic acids is 2. The molecule has 4 rings (SSSR count). The lowest BCUT2D eigenvalue weighted by Crippen LogP contribution is -2.22. The Bertz CT molecular complexity index is 1310. The van der Waals surface area contributed by atoms with E-state index < -0.39 is 21.7 Å². The molecule has 0 saturated heterocycles. The summed E-state index contributed by atoms with van der Waals surface area (Å²) >= 11 is 0. The highest BCUT2D eigenvalue weighted by molar-refractivity contribution is 7.86. The van der Waals surface area contributed by atoms with Crippen LogP contribution in [0.4, 0.5) is 11.4 Å². The first-order valence-electron chi connectivity index (χ1n) is 8.58. The molecule has 0 aliphatic heterocycles. The molecule has 0 amide bonds. The number of rotatable bonds is 3. The van der Waals surface area contributed by atoms with Crippen molar-refractivity contribution in [1.82, 2.24) is 0 Å². The van der Waals surface area contributed by atoms with E-state index in [1.54, 1.807) is 25.1 Å². The van der Waals surface area contributed by atoms with E-state index in [4.69, 9.17) is 0 Å². The minimum atomic E-state index is -4.54. The number of carbonyl (C=O) groups is 2. The van der Waals surface area contributed by atoms with Gasteiger partial charge in [-0.25, -0.2) is 0 Å². The van der Waals surface area contributed by atoms with Crippen LogP contribution < -0.4 is 5.32 Å². The number of para-hydroxylation sites is 1. The summed E-state index contributed by atoms with van der Waals surface area (Å²) in [4.78, 5) is 25.6. The van der Waals surface area contributed by atoms with Crippen molar-refractivity contribution in [2.45, 2.75) is 11.8 Å². The van der Waals surface area contributed by atoms with Crippen LogP contribution in [0.15, 0.2) is 59.5 Å². The molecule has 7 nitrogen and oxygen atoms in total. The van der Waals surface area contributed by atoms with Gasteiger partial charge in [-0.15, -0.1) is 0 Å². The lowest BCUT2D eigenvalue weighted by Gasteiger charge is -2.22. The molecule has 0 aromatic heterocycles. The monoisotopic (exact) mass is 409 g/mol. The van der Waals surface area contributed by atoms with Gasteiger partial charge in [0.2, 0.25) is 0 Å². The van der Waals surface area contributed by atoms with E-state index in [-0.39, 0.29) is 44.3 Å². The summed E-state index contributed by atoms with van der Waals surface area (Å²) in [7, 11) is -4.54. The fraction of sp³-hybridized carbons (Fsp3) is 0.0476. The number of fused-ring (bicyclic) bond motifs is 2. The van der Waals surface area contributed by atoms with E-state index >= 15 is 0 Å². The number of nitrogens with one attached hydrogen (secondary N) is 1. The van der Waals surface area contributed by atoms with Gasteiger partial charge in [-0.05, 0) is 30.7 Å². The second kappa shape index (κ2) is 6.54. The van der Waals surface area contributed by atoms with Gasteiger partial charge in [0.15, 0.2) is 11.6 Å². The number of hydrogen-bond donors (Lipinski definition) is 3. The second-order valence-corrected chi connectivity index (χ2v) is 8.02. The predicted octanol–water partition coefficient (Wildman–Crippen LogP) is 3.47. The van der Waals surface area contributed by atoms with Crippen molar-refractivity contribution < 1.29 is 27.7 Å². The Kier molecular flexibility index (Phi) is 4.25. The van der Waals surface area contributed by atoms with Crippen molar-refractivity contribution in [2.75, 3.05) is 5.32 Å². The van der Waals surface area contributed by atoms with E-state index in [9.17, 15) is 27.7 Å². The molecule has 0 heterocycles. The van der Waals surface area contributed by atoms with Crippen molar-refractivity contribution in [1.29, 1.82) is 0 Å². The molecule has 146 valence electrons. The number of aryl methyl sites for hydroxylation is 1. The molecule has 0 unspecified atom stereocenters. The number of phenols is 1. The van der Waals surface area contributed by atoms with Crippen molar-refractivity contribution in [3.05, 3.63) is 82.4 Å². The number of hydrogen-bond acceptors (Lipinski definition) is 6. The third kappa shape index (κ3) is 2.98. The quantitative estimate of drug-likeness (QED) is 0.350. The molecule has 1 aliphatic rings. The Morgan fingerprint density at radius 1 is 0.828 bits per heavy atom. The zero-order valence-corrected chi connectivity index (χ0v) is 15.9. The molecule has 3 N–H and O–H groups in total. The average Bonchev–Trinajstić information content (AvgIpc) is 2.68. The highest BCUT2D eigenvalue weighted by Crippen LogP contribution is 2.39. The lowest BCUT2D eigenvalue weighted by molar-refractivity contribution is 0.0977. The molecule has 0 bridgehead atoms. The topological polar surface area (TPSA) is 121 Å². The highest BCUT2D eigenvalue weighted by Gasteiger charge is 2.34. The van der Waals surface area contributed by atoms with Gasteiger partial charge in [0.1, 0.15) is 10.6 Å². The van der Waals surface area contributed by atoms with Crippen molar-refractivity contribution in [3.8, 4) is 5.75 Å². The van der Waals surface area contributed by atoms with Crippen LogP contribution in [-0.4, -0.2) is 29.6 Å². The minimum absolute atomic E-state index is 0.0572. The molecule has 3 aromatic rings. The summed E-state index contributed by atoms with van der Waals surface area (Å²) < 4.78 is 33.1. The normalized spacial score (nSPS) is 13.0. The first kappa shape index (κ1) is 18.9. The van der Waals surface area contributed by atoms with Crippen LogP contribution in [0, 0.1) is 6.92 Å². The third-order valence-electron chi connectivity index (χ3n) is 4.83. The Balaban J connectivity index is 1.95. The maximum atomic E-state index is 13.1. The van der Waals surface area contributed by atoms with Crippen molar-refractivity contribution in [2.24, 2.45) is 0 Å². The fourth-order valence-electron chi connectivity index (χ4n) is 3.46. The molecule has 8 heteroatoms. The Hall–Kier alpha value is -3.49. The molecule has 0 atom stereocenters. The van der Waals surface area contributed by atoms with Crippen LogP contribution in [0.1, 0.15) is 37.4 Å². The number of aromatic hydroxyl groups is 1. The van der Waals surface area contributed by atoms with Crippen LogP contribution in [-0.2, 0) is 10.1 Å². The largest absolute Gasteiger partial charge is 0.507 e. The molecule has 0 radical (unpaired) electrons. The molecule has 29 heavy (non-hydrogen) atoms. The van der Waals surface area contributed by atoms with Gasteiger partial charge in [-0.2, -0.15) is 8.42 Å². The Morgan fingerprint density at radius 3 is 2.07 bits per heavy atom. The van der Waals surface area contributed by atoms with E-state index in [0.717, 1.165) is 0 Å². The van der Waals surface area contributed by atoms with Gasteiger partial charge in [-0.3, -0.25) is 14.1 Å². The predicted molar refractivity (Wildman–Crippen MR) is 106 cm³/mol. The number of benzene rings is 3. The van der Waals surface area contributed by atoms with Crippen LogP contribution >= 0.6 is 0 Å². The van der Waals surface area contributed by atoms with Gasteiger partial charge in [0, 0.05) is 11.1 Å². The first-order chi connectivity index (χ1) is 13.7. The van der Waals surface area contributed by atoms with Crippen LogP contribution in [0.5, 0.6) is 5.75 Å². The van der Waals surface area contributed by atoms with Crippen molar-refractivity contribution >= 4 is 33.1 Å². The van der Waals surface area contributed by atoms with E-state index in [0.29, 0.717) is 5.56 Å². The summed E-state index contributed by atoms with van der Waals surface area (Å²) in [6.45, 7) is 1.63. The van der Waals surface area contributed by atoms with E-state index in [1.807, 2.05) is 0 Å². The number of anilines is 2. The van der Waals surface area contributed by atoms with Gasteiger partial charge in [0.25, 0.3) is 10.1 Å². The molecule has 1 aliphatic carbocycles. The van der Waals surface area contributed by atoms with Gasteiger partial charge < -0.3 is 10.4 Å². The third-order valence-corrected chi connectivity index (χ3v) is 5.72. The number of phenolic OH excluding ortho intramolecular Hbond substituents is 1. The first-order valence-corrected chi connectivity index (χ1v) is 10.0. The SMILES string of the molecule is Cc1cccc(S(=O)(=O)O)c1Nc1ccc(O)c2c1C(=O)c1ccccc1C2=O. The van der Waals surface area contributed by atoms with E-state index in [2.05, 4.69) is 5.32 Å². The average molecular weight is 409 g/mol. The summed E-state index contributed by atoms with van der Waals surface area (Å²) in [6, 6.07) is 13.2. The standard InChI is InChI=1S/C21H15NO6S/c1-11-5-4-8-16(29(26,27)28)19(11)22-14-9-10-15(23)18-17(14)20(24)12-6-2-3-7-13(12)21(18)25/h2-10,22-23H,1H3,(H,26,27,28).